The Labute approximate surface area is 171 Å². The van der Waals surface area contributed by atoms with Gasteiger partial charge in [0.15, 0.2) is 17.3 Å². The highest BCUT2D eigenvalue weighted by atomic mass is 31.2. The van der Waals surface area contributed by atoms with Gasteiger partial charge in [-0.2, -0.15) is 0 Å². The van der Waals surface area contributed by atoms with E-state index in [-0.39, 0.29) is 40.9 Å². The molecule has 0 aliphatic rings. The summed E-state index contributed by atoms with van der Waals surface area (Å²) >= 11 is 0. The Balaban J connectivity index is 2.37. The zero-order valence-electron chi connectivity index (χ0n) is 16.2. The van der Waals surface area contributed by atoms with Crippen LogP contribution in [0.3, 0.4) is 0 Å². The molecule has 0 aliphatic carbocycles. The molecule has 0 saturated heterocycles. The molecule has 0 unspecified atom stereocenters. The van der Waals surface area contributed by atoms with Crippen LogP contribution in [0.2, 0.25) is 0 Å². The number of hydrogen-bond donors (Lipinski definition) is 5. The molecule has 160 valence electrons. The fourth-order valence-electron chi connectivity index (χ4n) is 3.17. The molecule has 0 atom stereocenters. The van der Waals surface area contributed by atoms with Gasteiger partial charge in [-0.3, -0.25) is 9.36 Å². The Bertz CT molecular complexity index is 1200. The number of aromatic hydroxyl groups is 3. The molecule has 0 aliphatic heterocycles. The molecule has 0 radical (unpaired) electrons. The normalized spacial score (nSPS) is 12.3. The molecule has 30 heavy (non-hydrogen) atoms. The summed E-state index contributed by atoms with van der Waals surface area (Å²) in [6.07, 6.45) is -0.192. The highest BCUT2D eigenvalue weighted by molar-refractivity contribution is 7.53. The van der Waals surface area contributed by atoms with Crippen LogP contribution in [0.5, 0.6) is 23.0 Å². The lowest BCUT2D eigenvalue weighted by molar-refractivity contribution is 0.106. The van der Waals surface area contributed by atoms with Gasteiger partial charge in [0, 0.05) is 11.6 Å². The molecular formula is C20H21O9P. The third kappa shape index (κ3) is 3.63. The van der Waals surface area contributed by atoms with Crippen molar-refractivity contribution in [3.05, 3.63) is 46.6 Å². The van der Waals surface area contributed by atoms with Crippen molar-refractivity contribution in [1.82, 2.24) is 0 Å². The molecule has 0 amide bonds. The number of phenolic OH excluding ortho intramolecular Hbond substituents is 3. The van der Waals surface area contributed by atoms with Gasteiger partial charge in [0.25, 0.3) is 0 Å². The lowest BCUT2D eigenvalue weighted by Gasteiger charge is -2.33. The maximum atomic E-state index is 13.2. The largest absolute Gasteiger partial charge is 0.508 e. The minimum Gasteiger partial charge on any atom is -0.508 e. The fraction of sp³-hybridized carbons (Fsp3) is 0.250. The Morgan fingerprint density at radius 3 is 2.23 bits per heavy atom. The molecule has 9 nitrogen and oxygen atoms in total. The topological polar surface area (TPSA) is 158 Å². The van der Waals surface area contributed by atoms with Gasteiger partial charge in [-0.1, -0.05) is 13.8 Å². The maximum absolute atomic E-state index is 13.2. The maximum Gasteiger partial charge on any atom is 0.368 e. The molecule has 5 N–H and O–H groups in total. The van der Waals surface area contributed by atoms with Crippen molar-refractivity contribution in [3.8, 4) is 34.3 Å². The van der Waals surface area contributed by atoms with Crippen LogP contribution in [0.1, 0.15) is 26.7 Å². The number of benzene rings is 2. The third-order valence-electron chi connectivity index (χ3n) is 5.00. The number of fused-ring (bicyclic) bond motifs is 1. The summed E-state index contributed by atoms with van der Waals surface area (Å²) in [5, 5.41) is 27.2. The van der Waals surface area contributed by atoms with E-state index in [1.807, 2.05) is 0 Å². The monoisotopic (exact) mass is 436 g/mol. The van der Waals surface area contributed by atoms with Crippen LogP contribution in [0.4, 0.5) is 0 Å². The van der Waals surface area contributed by atoms with Gasteiger partial charge in [-0.25, -0.2) is 0 Å². The Morgan fingerprint density at radius 1 is 1.00 bits per heavy atom. The van der Waals surface area contributed by atoms with E-state index in [4.69, 9.17) is 9.15 Å². The van der Waals surface area contributed by atoms with E-state index >= 15 is 0 Å². The van der Waals surface area contributed by atoms with E-state index < -0.39 is 35.6 Å². The van der Waals surface area contributed by atoms with E-state index in [9.17, 15) is 34.5 Å². The molecule has 2 aromatic carbocycles. The minimum atomic E-state index is -4.82. The molecule has 3 rings (SSSR count). The summed E-state index contributed by atoms with van der Waals surface area (Å²) in [6, 6.07) is 7.40. The standard InChI is InChI=1S/C20H21O9P/c1-3-20(4-2,30(25,26)27)29-19-17(24)13-7-6-12(21)10-16(13)28-18(19)11-5-8-14(22)15(23)9-11/h5-10,21-23H,3-4H2,1-2H3,(H2,25,26,27). The second kappa shape index (κ2) is 7.68. The number of ether oxygens (including phenoxy) is 1. The summed E-state index contributed by atoms with van der Waals surface area (Å²) in [4.78, 5) is 33.0. The summed E-state index contributed by atoms with van der Waals surface area (Å²) in [6.45, 7) is 3.05. The smallest absolute Gasteiger partial charge is 0.368 e. The predicted octanol–water partition coefficient (Wildman–Crippen LogP) is 3.65. The minimum absolute atomic E-state index is 0.00434. The summed E-state index contributed by atoms with van der Waals surface area (Å²) < 4.78 is 23.7. The highest BCUT2D eigenvalue weighted by Gasteiger charge is 2.47. The first-order chi connectivity index (χ1) is 14.0. The first-order valence-corrected chi connectivity index (χ1v) is 10.7. The molecule has 3 aromatic rings. The first-order valence-electron chi connectivity index (χ1n) is 9.10. The number of phenols is 3. The van der Waals surface area contributed by atoms with Crippen LogP contribution in [0, 0.1) is 0 Å². The zero-order chi connectivity index (χ0) is 22.3. The zero-order valence-corrected chi connectivity index (χ0v) is 17.1. The van der Waals surface area contributed by atoms with Crippen LogP contribution in [0.15, 0.2) is 45.6 Å². The van der Waals surface area contributed by atoms with Gasteiger partial charge in [0.05, 0.1) is 5.39 Å². The Hall–Kier alpha value is -3.00. The summed E-state index contributed by atoms with van der Waals surface area (Å²) in [5.41, 5.74) is -0.585. The quantitative estimate of drug-likeness (QED) is 0.287. The summed E-state index contributed by atoms with van der Waals surface area (Å²) in [5.74, 6) is -1.73. The van der Waals surface area contributed by atoms with Crippen LogP contribution in [-0.4, -0.2) is 30.4 Å². The number of rotatable bonds is 6. The molecule has 0 spiro atoms. The van der Waals surface area contributed by atoms with Gasteiger partial charge < -0.3 is 34.3 Å². The van der Waals surface area contributed by atoms with Crippen LogP contribution in [-0.2, 0) is 4.57 Å². The molecule has 0 bridgehead atoms. The third-order valence-corrected chi connectivity index (χ3v) is 6.79. The summed E-state index contributed by atoms with van der Waals surface area (Å²) in [7, 11) is -4.82. The van der Waals surface area contributed by atoms with Gasteiger partial charge in [0.2, 0.25) is 16.5 Å². The predicted molar refractivity (Wildman–Crippen MR) is 109 cm³/mol. The van der Waals surface area contributed by atoms with Crippen molar-refractivity contribution in [2.75, 3.05) is 0 Å². The SMILES string of the molecule is CCC(CC)(Oc1c(-c2ccc(O)c(O)c2)oc2cc(O)ccc2c1=O)P(=O)(O)O. The number of hydrogen-bond acceptors (Lipinski definition) is 7. The van der Waals surface area contributed by atoms with Crippen molar-refractivity contribution in [3.63, 3.8) is 0 Å². The van der Waals surface area contributed by atoms with Crippen LogP contribution in [0.25, 0.3) is 22.3 Å². The first kappa shape index (κ1) is 21.7. The average molecular weight is 436 g/mol. The molecule has 10 heteroatoms. The van der Waals surface area contributed by atoms with E-state index in [1.54, 1.807) is 0 Å². The van der Waals surface area contributed by atoms with E-state index in [2.05, 4.69) is 0 Å². The highest BCUT2D eigenvalue weighted by Crippen LogP contribution is 2.55. The molecular weight excluding hydrogens is 415 g/mol. The van der Waals surface area contributed by atoms with Crippen molar-refractivity contribution < 1.29 is 38.8 Å². The van der Waals surface area contributed by atoms with E-state index in [1.165, 1.54) is 38.1 Å². The lowest BCUT2D eigenvalue weighted by atomic mass is 10.1. The van der Waals surface area contributed by atoms with Gasteiger partial charge in [0.1, 0.15) is 11.3 Å². The second-order valence-electron chi connectivity index (χ2n) is 6.77. The van der Waals surface area contributed by atoms with Crippen molar-refractivity contribution in [2.24, 2.45) is 0 Å². The van der Waals surface area contributed by atoms with Crippen molar-refractivity contribution in [1.29, 1.82) is 0 Å². The van der Waals surface area contributed by atoms with Crippen LogP contribution >= 0.6 is 7.60 Å². The fourth-order valence-corrected chi connectivity index (χ4v) is 4.20. The Kier molecular flexibility index (Phi) is 5.56. The average Bonchev–Trinajstić information content (AvgIpc) is 2.68. The van der Waals surface area contributed by atoms with Gasteiger partial charge >= 0.3 is 7.60 Å². The molecule has 0 saturated carbocycles. The van der Waals surface area contributed by atoms with Crippen molar-refractivity contribution in [2.45, 2.75) is 32.0 Å². The van der Waals surface area contributed by atoms with E-state index in [0.29, 0.717) is 0 Å². The Morgan fingerprint density at radius 2 is 1.67 bits per heavy atom. The van der Waals surface area contributed by atoms with Crippen molar-refractivity contribution >= 4 is 18.6 Å². The molecule has 1 aromatic heterocycles. The van der Waals surface area contributed by atoms with Gasteiger partial charge in [-0.05, 0) is 43.2 Å². The second-order valence-corrected chi connectivity index (χ2v) is 8.68. The van der Waals surface area contributed by atoms with Gasteiger partial charge in [-0.15, -0.1) is 0 Å². The lowest BCUT2D eigenvalue weighted by Crippen LogP contribution is -2.36. The van der Waals surface area contributed by atoms with E-state index in [0.717, 1.165) is 12.1 Å². The molecule has 1 heterocycles. The van der Waals surface area contributed by atoms with Crippen LogP contribution < -0.4 is 10.2 Å². The molecule has 0 fully saturated rings.